The summed E-state index contributed by atoms with van der Waals surface area (Å²) in [6, 6.07) is 0.559. The first kappa shape index (κ1) is 13.8. The van der Waals surface area contributed by atoms with E-state index in [2.05, 4.69) is 39.1 Å². The van der Waals surface area contributed by atoms with Gasteiger partial charge in [-0.3, -0.25) is 0 Å². The summed E-state index contributed by atoms with van der Waals surface area (Å²) in [4.78, 5) is 14.1. The molecule has 0 spiro atoms. The predicted molar refractivity (Wildman–Crippen MR) is 81.0 cm³/mol. The Bertz CT molecular complexity index is 462. The molecule has 0 radical (unpaired) electrons. The molecular weight excluding hydrogens is 250 g/mol. The van der Waals surface area contributed by atoms with Crippen molar-refractivity contribution in [2.24, 2.45) is 0 Å². The lowest BCUT2D eigenvalue weighted by Gasteiger charge is -2.33. The zero-order valence-electron chi connectivity index (χ0n) is 12.6. The van der Waals surface area contributed by atoms with Gasteiger partial charge in [-0.2, -0.15) is 0 Å². The molecule has 1 aromatic rings. The molecule has 1 atom stereocenters. The van der Waals surface area contributed by atoms with E-state index in [-0.39, 0.29) is 0 Å². The summed E-state index contributed by atoms with van der Waals surface area (Å²) in [5.74, 6) is 1.17. The molecule has 0 aromatic carbocycles. The van der Waals surface area contributed by atoms with Crippen LogP contribution in [0.15, 0.2) is 6.33 Å². The van der Waals surface area contributed by atoms with E-state index in [4.69, 9.17) is 0 Å². The summed E-state index contributed by atoms with van der Waals surface area (Å²) in [5.41, 5.74) is 2.56. The molecule has 0 bridgehead atoms. The van der Waals surface area contributed by atoms with Gasteiger partial charge in [-0.1, -0.05) is 6.92 Å². The van der Waals surface area contributed by atoms with Crippen molar-refractivity contribution in [2.75, 3.05) is 38.1 Å². The first-order valence-corrected chi connectivity index (χ1v) is 7.78. The quantitative estimate of drug-likeness (QED) is 0.874. The van der Waals surface area contributed by atoms with Crippen molar-refractivity contribution in [2.45, 2.75) is 38.8 Å². The van der Waals surface area contributed by atoms with E-state index < -0.39 is 0 Å². The summed E-state index contributed by atoms with van der Waals surface area (Å²) in [6.07, 6.45) is 5.14. The van der Waals surface area contributed by atoms with Crippen LogP contribution in [0.25, 0.3) is 0 Å². The van der Waals surface area contributed by atoms with Crippen LogP contribution in [0.5, 0.6) is 0 Å². The van der Waals surface area contributed by atoms with Gasteiger partial charge in [0.2, 0.25) is 0 Å². The van der Waals surface area contributed by atoms with Crippen molar-refractivity contribution >= 4 is 5.82 Å². The topological polar surface area (TPSA) is 44.3 Å². The van der Waals surface area contributed by atoms with Crippen molar-refractivity contribution in [1.82, 2.24) is 20.2 Å². The predicted octanol–water partition coefficient (Wildman–Crippen LogP) is 1.04. The Labute approximate surface area is 121 Å². The van der Waals surface area contributed by atoms with Crippen LogP contribution < -0.4 is 10.2 Å². The Kier molecular flexibility index (Phi) is 4.17. The Morgan fingerprint density at radius 2 is 2.25 bits per heavy atom. The summed E-state index contributed by atoms with van der Waals surface area (Å²) < 4.78 is 0. The maximum Gasteiger partial charge on any atom is 0.137 e. The van der Waals surface area contributed by atoms with Crippen molar-refractivity contribution in [1.29, 1.82) is 0 Å². The Hall–Kier alpha value is -1.20. The number of fused-ring (bicyclic) bond motifs is 1. The molecule has 1 unspecified atom stereocenters. The Morgan fingerprint density at radius 1 is 1.35 bits per heavy atom. The van der Waals surface area contributed by atoms with Gasteiger partial charge in [0.25, 0.3) is 0 Å². The van der Waals surface area contributed by atoms with E-state index in [1.54, 1.807) is 6.33 Å². The standard InChI is InChI=1S/C15H25N5/c1-3-12-10-19(2)7-4-8-20(12)15-13-9-16-6-5-14(13)17-11-18-15/h11-12,16H,3-10H2,1-2H3. The minimum Gasteiger partial charge on any atom is -0.352 e. The maximum atomic E-state index is 4.64. The van der Waals surface area contributed by atoms with Gasteiger partial charge in [-0.25, -0.2) is 9.97 Å². The molecular formula is C15H25N5. The highest BCUT2D eigenvalue weighted by molar-refractivity contribution is 5.50. The average Bonchev–Trinajstić information content (AvgIpc) is 2.68. The van der Waals surface area contributed by atoms with Gasteiger partial charge in [0, 0.05) is 44.2 Å². The van der Waals surface area contributed by atoms with Crippen LogP contribution >= 0.6 is 0 Å². The second-order valence-corrected chi connectivity index (χ2v) is 5.92. The molecule has 0 saturated carbocycles. The number of aromatic nitrogens is 2. The van der Waals surface area contributed by atoms with Crippen LogP contribution in [-0.2, 0) is 13.0 Å². The number of likely N-dealkylation sites (N-methyl/N-ethyl adjacent to an activating group) is 1. The third-order valence-electron chi connectivity index (χ3n) is 4.50. The Morgan fingerprint density at radius 3 is 3.10 bits per heavy atom. The molecule has 3 heterocycles. The molecule has 3 rings (SSSR count). The molecule has 5 nitrogen and oxygen atoms in total. The van der Waals surface area contributed by atoms with Crippen molar-refractivity contribution < 1.29 is 0 Å². The first-order chi connectivity index (χ1) is 9.79. The fourth-order valence-electron chi connectivity index (χ4n) is 3.37. The fourth-order valence-corrected chi connectivity index (χ4v) is 3.37. The van der Waals surface area contributed by atoms with Gasteiger partial charge in [0.05, 0.1) is 5.69 Å². The molecule has 2 aliphatic heterocycles. The van der Waals surface area contributed by atoms with Crippen molar-refractivity contribution in [3.63, 3.8) is 0 Å². The van der Waals surface area contributed by atoms with Crippen molar-refractivity contribution in [3.05, 3.63) is 17.6 Å². The average molecular weight is 275 g/mol. The first-order valence-electron chi connectivity index (χ1n) is 7.78. The smallest absolute Gasteiger partial charge is 0.137 e. The number of rotatable bonds is 2. The lowest BCUT2D eigenvalue weighted by atomic mass is 10.1. The lowest BCUT2D eigenvalue weighted by molar-refractivity contribution is 0.327. The fraction of sp³-hybridized carbons (Fsp3) is 0.733. The summed E-state index contributed by atoms with van der Waals surface area (Å²) in [5, 5.41) is 3.46. The van der Waals surface area contributed by atoms with Gasteiger partial charge >= 0.3 is 0 Å². The van der Waals surface area contributed by atoms with E-state index >= 15 is 0 Å². The monoisotopic (exact) mass is 275 g/mol. The summed E-state index contributed by atoms with van der Waals surface area (Å²) in [6.45, 7) is 7.63. The molecule has 0 amide bonds. The highest BCUT2D eigenvalue weighted by Crippen LogP contribution is 2.26. The minimum atomic E-state index is 0.559. The second-order valence-electron chi connectivity index (χ2n) is 5.92. The number of nitrogens with zero attached hydrogens (tertiary/aromatic N) is 4. The number of anilines is 1. The van der Waals surface area contributed by atoms with E-state index in [0.717, 1.165) is 39.0 Å². The van der Waals surface area contributed by atoms with Crippen LogP contribution in [0.2, 0.25) is 0 Å². The SMILES string of the molecule is CCC1CN(C)CCCN1c1ncnc2c1CNCC2. The van der Waals surface area contributed by atoms with Gasteiger partial charge in [0.1, 0.15) is 12.1 Å². The molecule has 5 heteroatoms. The second kappa shape index (κ2) is 6.06. The van der Waals surface area contributed by atoms with E-state index in [9.17, 15) is 0 Å². The minimum absolute atomic E-state index is 0.559. The van der Waals surface area contributed by atoms with Crippen LogP contribution in [0.1, 0.15) is 31.0 Å². The van der Waals surface area contributed by atoms with Gasteiger partial charge in [0.15, 0.2) is 0 Å². The summed E-state index contributed by atoms with van der Waals surface area (Å²) >= 11 is 0. The number of hydrogen-bond acceptors (Lipinski definition) is 5. The van der Waals surface area contributed by atoms with Crippen LogP contribution in [0.3, 0.4) is 0 Å². The highest BCUT2D eigenvalue weighted by Gasteiger charge is 2.26. The van der Waals surface area contributed by atoms with Crippen LogP contribution in [-0.4, -0.2) is 54.1 Å². The van der Waals surface area contributed by atoms with Crippen LogP contribution in [0, 0.1) is 0 Å². The van der Waals surface area contributed by atoms with E-state index in [0.29, 0.717) is 6.04 Å². The third kappa shape index (κ3) is 2.65. The van der Waals surface area contributed by atoms with Gasteiger partial charge in [-0.05, 0) is 26.4 Å². The zero-order chi connectivity index (χ0) is 13.9. The van der Waals surface area contributed by atoms with E-state index in [1.165, 1.54) is 30.0 Å². The molecule has 20 heavy (non-hydrogen) atoms. The molecule has 1 fully saturated rings. The maximum absolute atomic E-state index is 4.64. The molecule has 2 aliphatic rings. The van der Waals surface area contributed by atoms with Crippen LogP contribution in [0.4, 0.5) is 5.82 Å². The molecule has 0 aliphatic carbocycles. The molecule has 110 valence electrons. The zero-order valence-corrected chi connectivity index (χ0v) is 12.6. The van der Waals surface area contributed by atoms with Gasteiger partial charge in [-0.15, -0.1) is 0 Å². The van der Waals surface area contributed by atoms with E-state index in [1.807, 2.05) is 0 Å². The number of hydrogen-bond donors (Lipinski definition) is 1. The molecule has 1 aromatic heterocycles. The summed E-state index contributed by atoms with van der Waals surface area (Å²) in [7, 11) is 2.23. The molecule has 1 N–H and O–H groups in total. The largest absolute Gasteiger partial charge is 0.352 e. The van der Waals surface area contributed by atoms with Gasteiger partial charge < -0.3 is 15.1 Å². The number of nitrogens with one attached hydrogen (secondary N) is 1. The lowest BCUT2D eigenvalue weighted by Crippen LogP contribution is -2.41. The normalized spacial score (nSPS) is 24.3. The molecule has 1 saturated heterocycles. The van der Waals surface area contributed by atoms with Crippen molar-refractivity contribution in [3.8, 4) is 0 Å². The Balaban J connectivity index is 1.94. The highest BCUT2D eigenvalue weighted by atomic mass is 15.3. The third-order valence-corrected chi connectivity index (χ3v) is 4.50.